The Kier molecular flexibility index (Phi) is 3.07. The van der Waals surface area contributed by atoms with Gasteiger partial charge in [-0.3, -0.25) is 9.89 Å². The topological polar surface area (TPSA) is 57.8 Å². The SMILES string of the molecule is CC(C(=O)Nc1cc(C2CC2)[nH]n1)c1c[c]ccc1. The summed E-state index contributed by atoms with van der Waals surface area (Å²) in [4.78, 5) is 12.1. The first kappa shape index (κ1) is 12.0. The number of rotatable bonds is 4. The van der Waals surface area contributed by atoms with E-state index in [-0.39, 0.29) is 11.8 Å². The smallest absolute Gasteiger partial charge is 0.232 e. The highest BCUT2D eigenvalue weighted by Gasteiger charge is 2.26. The molecule has 4 nitrogen and oxygen atoms in total. The summed E-state index contributed by atoms with van der Waals surface area (Å²) in [6.07, 6.45) is 2.43. The maximum Gasteiger partial charge on any atom is 0.232 e. The van der Waals surface area contributed by atoms with Gasteiger partial charge < -0.3 is 5.32 Å². The molecule has 1 unspecified atom stereocenters. The standard InChI is InChI=1S/C15H16N3O/c1-10(11-5-3-2-4-6-11)15(19)16-14-9-13(17-18-14)12-7-8-12/h2-3,5-6,9-10,12H,7-8H2,1H3,(H2,16,17,18,19). The third-order valence-corrected chi connectivity index (χ3v) is 3.49. The zero-order chi connectivity index (χ0) is 13.2. The molecule has 4 heteroatoms. The van der Waals surface area contributed by atoms with Crippen LogP contribution < -0.4 is 5.32 Å². The fraction of sp³-hybridized carbons (Fsp3) is 0.333. The van der Waals surface area contributed by atoms with E-state index in [2.05, 4.69) is 21.6 Å². The number of aromatic amines is 1. The summed E-state index contributed by atoms with van der Waals surface area (Å²) < 4.78 is 0. The molecule has 2 N–H and O–H groups in total. The largest absolute Gasteiger partial charge is 0.309 e. The van der Waals surface area contributed by atoms with Crippen molar-refractivity contribution in [3.63, 3.8) is 0 Å². The van der Waals surface area contributed by atoms with Crippen molar-refractivity contribution in [3.8, 4) is 0 Å². The van der Waals surface area contributed by atoms with Crippen LogP contribution in [0.4, 0.5) is 5.82 Å². The van der Waals surface area contributed by atoms with Gasteiger partial charge in [0, 0.05) is 17.7 Å². The van der Waals surface area contributed by atoms with Crippen LogP contribution in [0.3, 0.4) is 0 Å². The minimum Gasteiger partial charge on any atom is -0.309 e. The highest BCUT2D eigenvalue weighted by Crippen LogP contribution is 2.39. The minimum atomic E-state index is -0.210. The van der Waals surface area contributed by atoms with Gasteiger partial charge in [-0.25, -0.2) is 0 Å². The van der Waals surface area contributed by atoms with Crippen LogP contribution >= 0.6 is 0 Å². The zero-order valence-corrected chi connectivity index (χ0v) is 10.8. The zero-order valence-electron chi connectivity index (χ0n) is 10.8. The number of benzene rings is 1. The van der Waals surface area contributed by atoms with Crippen LogP contribution in [-0.4, -0.2) is 16.1 Å². The molecule has 0 aliphatic heterocycles. The molecule has 0 spiro atoms. The maximum absolute atomic E-state index is 12.1. The first-order valence-corrected chi connectivity index (χ1v) is 6.56. The average molecular weight is 254 g/mol. The van der Waals surface area contributed by atoms with Crippen LogP contribution in [0.25, 0.3) is 0 Å². The summed E-state index contributed by atoms with van der Waals surface area (Å²) in [5, 5.41) is 9.96. The van der Waals surface area contributed by atoms with E-state index in [0.717, 1.165) is 11.3 Å². The molecule has 1 aromatic heterocycles. The maximum atomic E-state index is 12.1. The van der Waals surface area contributed by atoms with E-state index < -0.39 is 0 Å². The molecule has 2 aromatic rings. The van der Waals surface area contributed by atoms with Crippen LogP contribution in [0.1, 0.15) is 42.9 Å². The summed E-state index contributed by atoms with van der Waals surface area (Å²) in [7, 11) is 0. The number of aromatic nitrogens is 2. The Morgan fingerprint density at radius 2 is 2.42 bits per heavy atom. The first-order valence-electron chi connectivity index (χ1n) is 6.56. The van der Waals surface area contributed by atoms with Crippen LogP contribution in [0.5, 0.6) is 0 Å². The van der Waals surface area contributed by atoms with E-state index in [1.807, 2.05) is 37.3 Å². The second-order valence-electron chi connectivity index (χ2n) is 5.03. The molecule has 1 aliphatic carbocycles. The molecular weight excluding hydrogens is 238 g/mol. The summed E-state index contributed by atoms with van der Waals surface area (Å²) in [6.45, 7) is 1.88. The molecule has 1 radical (unpaired) electrons. The Balaban J connectivity index is 1.66. The van der Waals surface area contributed by atoms with Crippen LogP contribution in [0.15, 0.2) is 30.3 Å². The molecule has 1 aromatic carbocycles. The lowest BCUT2D eigenvalue weighted by Gasteiger charge is -2.10. The predicted octanol–water partition coefficient (Wildman–Crippen LogP) is 2.83. The summed E-state index contributed by atoms with van der Waals surface area (Å²) in [5.41, 5.74) is 2.08. The van der Waals surface area contributed by atoms with E-state index >= 15 is 0 Å². The molecule has 1 fully saturated rings. The Hall–Kier alpha value is -2.10. The van der Waals surface area contributed by atoms with Crippen molar-refractivity contribution in [1.82, 2.24) is 10.2 Å². The molecule has 1 heterocycles. The normalized spacial score (nSPS) is 16.1. The van der Waals surface area contributed by atoms with E-state index in [0.29, 0.717) is 11.7 Å². The number of nitrogens with zero attached hydrogens (tertiary/aromatic N) is 1. The van der Waals surface area contributed by atoms with Gasteiger partial charge >= 0.3 is 0 Å². The van der Waals surface area contributed by atoms with Gasteiger partial charge in [-0.05, 0) is 31.4 Å². The summed E-state index contributed by atoms with van der Waals surface area (Å²) in [5.74, 6) is 0.963. The molecule has 19 heavy (non-hydrogen) atoms. The van der Waals surface area contributed by atoms with E-state index in [1.54, 1.807) is 0 Å². The lowest BCUT2D eigenvalue weighted by molar-refractivity contribution is -0.117. The number of anilines is 1. The van der Waals surface area contributed by atoms with Gasteiger partial charge in [0.1, 0.15) is 0 Å². The average Bonchev–Trinajstić information content (AvgIpc) is 3.20. The van der Waals surface area contributed by atoms with Gasteiger partial charge in [0.15, 0.2) is 5.82 Å². The fourth-order valence-electron chi connectivity index (χ4n) is 2.07. The van der Waals surface area contributed by atoms with Crippen molar-refractivity contribution in [2.24, 2.45) is 0 Å². The molecule has 1 aliphatic rings. The van der Waals surface area contributed by atoms with Crippen molar-refractivity contribution in [1.29, 1.82) is 0 Å². The van der Waals surface area contributed by atoms with Crippen molar-refractivity contribution in [3.05, 3.63) is 47.7 Å². The minimum absolute atomic E-state index is 0.0477. The van der Waals surface area contributed by atoms with Crippen LogP contribution in [0, 0.1) is 6.07 Å². The van der Waals surface area contributed by atoms with Crippen molar-refractivity contribution in [2.45, 2.75) is 31.6 Å². The Labute approximate surface area is 112 Å². The molecular formula is C15H16N3O. The second kappa shape index (κ2) is 4.88. The highest BCUT2D eigenvalue weighted by atomic mass is 16.1. The van der Waals surface area contributed by atoms with Gasteiger partial charge in [-0.2, -0.15) is 5.10 Å². The Bertz CT molecular complexity index is 572. The Morgan fingerprint density at radius 3 is 3.11 bits per heavy atom. The molecule has 1 amide bonds. The van der Waals surface area contributed by atoms with Crippen molar-refractivity contribution < 1.29 is 4.79 Å². The third-order valence-electron chi connectivity index (χ3n) is 3.49. The number of carbonyl (C=O) groups is 1. The monoisotopic (exact) mass is 254 g/mol. The molecule has 97 valence electrons. The van der Waals surface area contributed by atoms with E-state index in [4.69, 9.17) is 0 Å². The molecule has 0 saturated heterocycles. The van der Waals surface area contributed by atoms with Crippen molar-refractivity contribution >= 4 is 11.7 Å². The van der Waals surface area contributed by atoms with Crippen molar-refractivity contribution in [2.75, 3.05) is 5.32 Å². The number of carbonyl (C=O) groups excluding carboxylic acids is 1. The molecule has 0 bridgehead atoms. The van der Waals surface area contributed by atoms with E-state index in [9.17, 15) is 4.79 Å². The second-order valence-corrected chi connectivity index (χ2v) is 5.03. The van der Waals surface area contributed by atoms with Crippen LogP contribution in [-0.2, 0) is 4.79 Å². The third kappa shape index (κ3) is 2.67. The van der Waals surface area contributed by atoms with E-state index in [1.165, 1.54) is 12.8 Å². The molecule has 1 atom stereocenters. The quantitative estimate of drug-likeness (QED) is 0.881. The summed E-state index contributed by atoms with van der Waals surface area (Å²) >= 11 is 0. The first-order chi connectivity index (χ1) is 9.24. The number of amides is 1. The number of hydrogen-bond acceptors (Lipinski definition) is 2. The van der Waals surface area contributed by atoms with Gasteiger partial charge in [-0.1, -0.05) is 24.3 Å². The number of nitrogens with one attached hydrogen (secondary N) is 2. The fourth-order valence-corrected chi connectivity index (χ4v) is 2.07. The number of hydrogen-bond donors (Lipinski definition) is 2. The lowest BCUT2D eigenvalue weighted by Crippen LogP contribution is -2.19. The van der Waals surface area contributed by atoms with Crippen LogP contribution in [0.2, 0.25) is 0 Å². The van der Waals surface area contributed by atoms with Gasteiger partial charge in [0.05, 0.1) is 5.92 Å². The number of H-pyrrole nitrogens is 1. The lowest BCUT2D eigenvalue weighted by atomic mass is 10.0. The molecule has 3 rings (SSSR count). The van der Waals surface area contributed by atoms with Gasteiger partial charge in [0.2, 0.25) is 5.91 Å². The molecule has 1 saturated carbocycles. The summed E-state index contributed by atoms with van der Waals surface area (Å²) in [6, 6.07) is 12.4. The predicted molar refractivity (Wildman–Crippen MR) is 72.9 cm³/mol. The van der Waals surface area contributed by atoms with Gasteiger partial charge in [0.25, 0.3) is 0 Å². The highest BCUT2D eigenvalue weighted by molar-refractivity contribution is 5.94. The van der Waals surface area contributed by atoms with Gasteiger partial charge in [-0.15, -0.1) is 0 Å². The Morgan fingerprint density at radius 1 is 1.58 bits per heavy atom.